The average molecular weight is 846 g/mol. The fourth-order valence-electron chi connectivity index (χ4n) is 8.62. The molecule has 0 unspecified atom stereocenters. The van der Waals surface area contributed by atoms with Gasteiger partial charge in [0.05, 0.1) is 41.7 Å². The molecule has 2 atom stereocenters. The number of carbonyl (C=O) groups is 5. The van der Waals surface area contributed by atoms with Gasteiger partial charge in [-0.3, -0.25) is 39.0 Å². The van der Waals surface area contributed by atoms with Gasteiger partial charge < -0.3 is 23.8 Å². The molecule has 10 rings (SSSR count). The Bertz CT molecular complexity index is 2820. The van der Waals surface area contributed by atoms with Gasteiger partial charge in [0.2, 0.25) is 0 Å². The van der Waals surface area contributed by atoms with Crippen molar-refractivity contribution in [2.24, 2.45) is 9.98 Å². The molecule has 1 fully saturated rings. The summed E-state index contributed by atoms with van der Waals surface area (Å²) in [5, 5.41) is 0.465. The average Bonchev–Trinajstić information content (AvgIpc) is 3.91. The smallest absolute Gasteiger partial charge is 0.370 e. The summed E-state index contributed by atoms with van der Waals surface area (Å²) in [5.41, 5.74) is 7.69. The zero-order valence-corrected chi connectivity index (χ0v) is 34.2. The summed E-state index contributed by atoms with van der Waals surface area (Å²) in [5.74, 6) is -1.02. The van der Waals surface area contributed by atoms with Crippen molar-refractivity contribution in [1.82, 2.24) is 5.06 Å². The number of nitrogens with zero attached hydrogens (tertiary/aromatic N) is 5. The van der Waals surface area contributed by atoms with Crippen molar-refractivity contribution in [2.45, 2.75) is 57.9 Å². The van der Waals surface area contributed by atoms with Crippen LogP contribution in [0.15, 0.2) is 101 Å². The number of aryl methyl sites for hydroxylation is 1. The molecule has 4 amide bonds. The summed E-state index contributed by atoms with van der Waals surface area (Å²) in [4.78, 5) is 82.6. The number of benzene rings is 5. The number of hydrogen-bond acceptors (Lipinski definition) is 12. The summed E-state index contributed by atoms with van der Waals surface area (Å²) < 4.78 is 24.2. The first-order valence-corrected chi connectivity index (χ1v) is 20.5. The molecule has 5 aliphatic rings. The molecule has 0 spiro atoms. The molecule has 5 heterocycles. The van der Waals surface area contributed by atoms with Gasteiger partial charge in [-0.1, -0.05) is 36.4 Å². The number of amides is 4. The van der Waals surface area contributed by atoms with E-state index in [0.717, 1.165) is 28.1 Å². The highest BCUT2D eigenvalue weighted by molar-refractivity contribution is 6.15. The second-order valence-corrected chi connectivity index (χ2v) is 15.8. The predicted octanol–water partition coefficient (Wildman–Crippen LogP) is 6.72. The Balaban J connectivity index is 0.897. The maximum atomic E-state index is 14.0. The van der Waals surface area contributed by atoms with E-state index in [0.29, 0.717) is 68.8 Å². The van der Waals surface area contributed by atoms with Crippen molar-refractivity contribution >= 4 is 64.8 Å². The van der Waals surface area contributed by atoms with E-state index in [4.69, 9.17) is 33.8 Å². The molecule has 5 aromatic carbocycles. The molecule has 15 nitrogen and oxygen atoms in total. The summed E-state index contributed by atoms with van der Waals surface area (Å²) in [6.45, 7) is 1.30. The first-order valence-electron chi connectivity index (χ1n) is 20.5. The van der Waals surface area contributed by atoms with Gasteiger partial charge in [-0.05, 0) is 77.2 Å². The van der Waals surface area contributed by atoms with Crippen molar-refractivity contribution in [3.63, 3.8) is 0 Å². The van der Waals surface area contributed by atoms with Gasteiger partial charge in [0, 0.05) is 61.6 Å². The first kappa shape index (κ1) is 39.3. The third-order valence-electron chi connectivity index (χ3n) is 11.6. The number of rotatable bonds is 11. The van der Waals surface area contributed by atoms with E-state index in [1.807, 2.05) is 67.7 Å². The minimum absolute atomic E-state index is 0.00411. The van der Waals surface area contributed by atoms with Crippen LogP contribution < -0.4 is 28.7 Å². The Morgan fingerprint density at radius 1 is 0.651 bits per heavy atom. The number of ether oxygens (including phenoxy) is 4. The lowest BCUT2D eigenvalue weighted by Crippen LogP contribution is -2.37. The van der Waals surface area contributed by atoms with Crippen molar-refractivity contribution in [3.8, 4) is 23.0 Å². The maximum absolute atomic E-state index is 14.0. The number of aliphatic imine (C=N–C) groups is 2. The second kappa shape index (κ2) is 15.9. The predicted molar refractivity (Wildman–Crippen MR) is 230 cm³/mol. The van der Waals surface area contributed by atoms with Crippen LogP contribution in [0.3, 0.4) is 0 Å². The molecule has 0 N–H and O–H groups in total. The van der Waals surface area contributed by atoms with Crippen LogP contribution in [0.4, 0.5) is 22.7 Å². The quantitative estimate of drug-likeness (QED) is 0.130. The Hall–Kier alpha value is -7.81. The monoisotopic (exact) mass is 845 g/mol. The fraction of sp³-hybridized carbons (Fsp3) is 0.229. The summed E-state index contributed by atoms with van der Waals surface area (Å²) in [6.07, 6.45) is 4.85. The molecule has 0 bridgehead atoms. The van der Waals surface area contributed by atoms with Crippen LogP contribution in [0.2, 0.25) is 0 Å². The van der Waals surface area contributed by atoms with Gasteiger partial charge in [0.1, 0.15) is 24.7 Å². The van der Waals surface area contributed by atoms with Gasteiger partial charge in [-0.15, -0.1) is 5.06 Å². The number of methoxy groups -OCH3 is 1. The number of anilines is 2. The van der Waals surface area contributed by atoms with Gasteiger partial charge >= 0.3 is 5.97 Å². The largest absolute Gasteiger partial charge is 0.493 e. The van der Waals surface area contributed by atoms with E-state index in [-0.39, 0.29) is 55.7 Å². The number of para-hydroxylation sites is 2. The Morgan fingerprint density at radius 3 is 1.78 bits per heavy atom. The maximum Gasteiger partial charge on any atom is 0.370 e. The van der Waals surface area contributed by atoms with Crippen LogP contribution in [-0.2, 0) is 45.3 Å². The molecular weight excluding hydrogens is 807 g/mol. The highest BCUT2D eigenvalue weighted by atomic mass is 16.7. The lowest BCUT2D eigenvalue weighted by atomic mass is 10.1. The molecule has 0 saturated carbocycles. The number of imide groups is 1. The van der Waals surface area contributed by atoms with Crippen LogP contribution in [-0.4, -0.2) is 72.9 Å². The molecular formula is C48H39N5O10. The highest BCUT2D eigenvalue weighted by Crippen LogP contribution is 2.42. The summed E-state index contributed by atoms with van der Waals surface area (Å²) >= 11 is 0. The molecule has 15 heteroatoms. The van der Waals surface area contributed by atoms with Crippen molar-refractivity contribution in [3.05, 3.63) is 130 Å². The standard InChI is InChI=1S/C48H39N5O10/c1-27-13-35-37(49-22-32-17-30-7-3-5-9-39(30)51(32)47(35)57)20-41(27)61-24-28-14-29(16-34(15-28)60-26-46(56)63-53-44(54)11-12-45(53)55)25-62-43-21-38-36(19-42(43)59-2)48(58)52-33(23-50-38)18-31-8-4-6-10-40(31)52/h3-10,13-16,19-23,32-33H,11-12,17-18,24-26H2,1-2H3/t32-,33-/m0/s1. The van der Waals surface area contributed by atoms with Crippen molar-refractivity contribution < 1.29 is 47.8 Å². The van der Waals surface area contributed by atoms with E-state index in [9.17, 15) is 24.0 Å². The summed E-state index contributed by atoms with van der Waals surface area (Å²) in [7, 11) is 1.49. The molecule has 5 aliphatic heterocycles. The van der Waals surface area contributed by atoms with Crippen LogP contribution in [0.1, 0.15) is 61.4 Å². The third-order valence-corrected chi connectivity index (χ3v) is 11.6. The number of hydrogen-bond donors (Lipinski definition) is 0. The second-order valence-electron chi connectivity index (χ2n) is 15.8. The van der Waals surface area contributed by atoms with Gasteiger partial charge in [-0.25, -0.2) is 4.79 Å². The Labute approximate surface area is 361 Å². The van der Waals surface area contributed by atoms with Crippen LogP contribution >= 0.6 is 0 Å². The Kier molecular flexibility index (Phi) is 9.93. The van der Waals surface area contributed by atoms with Gasteiger partial charge in [0.25, 0.3) is 23.6 Å². The van der Waals surface area contributed by atoms with E-state index in [2.05, 4.69) is 0 Å². The van der Waals surface area contributed by atoms with Gasteiger partial charge in [0.15, 0.2) is 18.1 Å². The van der Waals surface area contributed by atoms with Crippen LogP contribution in [0.25, 0.3) is 0 Å². The molecule has 0 radical (unpaired) electrons. The lowest BCUT2D eigenvalue weighted by molar-refractivity contribution is -0.198. The third kappa shape index (κ3) is 7.30. The molecule has 0 aliphatic carbocycles. The van der Waals surface area contributed by atoms with Crippen molar-refractivity contribution in [1.29, 1.82) is 0 Å². The topological polar surface area (TPSA) is 166 Å². The van der Waals surface area contributed by atoms with E-state index < -0.39 is 24.4 Å². The zero-order valence-electron chi connectivity index (χ0n) is 34.2. The van der Waals surface area contributed by atoms with E-state index >= 15 is 0 Å². The molecule has 1 saturated heterocycles. The molecule has 316 valence electrons. The number of carbonyl (C=O) groups excluding carboxylic acids is 5. The zero-order chi connectivity index (χ0) is 43.4. The van der Waals surface area contributed by atoms with Crippen LogP contribution in [0.5, 0.6) is 23.0 Å². The minimum atomic E-state index is -0.938. The normalized spacial score (nSPS) is 17.9. The number of fused-ring (bicyclic) bond motifs is 8. The molecule has 63 heavy (non-hydrogen) atoms. The number of hydroxylamine groups is 2. The lowest BCUT2D eigenvalue weighted by Gasteiger charge is -2.22. The van der Waals surface area contributed by atoms with E-state index in [1.54, 1.807) is 52.4 Å². The highest BCUT2D eigenvalue weighted by Gasteiger charge is 2.38. The van der Waals surface area contributed by atoms with E-state index in [1.165, 1.54) is 7.11 Å². The van der Waals surface area contributed by atoms with Crippen molar-refractivity contribution in [2.75, 3.05) is 23.5 Å². The first-order chi connectivity index (χ1) is 30.6. The molecule has 5 aromatic rings. The van der Waals surface area contributed by atoms with Gasteiger partial charge in [-0.2, -0.15) is 0 Å². The summed E-state index contributed by atoms with van der Waals surface area (Å²) in [6, 6.07) is 27.3. The van der Waals surface area contributed by atoms with Crippen LogP contribution in [0, 0.1) is 6.92 Å². The molecule has 0 aromatic heterocycles. The minimum Gasteiger partial charge on any atom is -0.493 e. The fourth-order valence-corrected chi connectivity index (χ4v) is 8.62. The SMILES string of the molecule is COc1cc2c(cc1OCc1cc(COc3cc4c(cc3C)C(=O)N3c5ccccc5C[C@H]3C=N4)cc(OCC(=O)ON3C(=O)CCC3=O)c1)N=C[C@@H]1Cc3ccccc3N1C2=O. The Morgan fingerprint density at radius 2 is 1.19 bits per heavy atom.